The molecule has 1 heterocycles. The molecule has 0 aliphatic carbocycles. The molecule has 0 bridgehead atoms. The standard InChI is InChI=1S/C14H28N2O2/c1-11(2)9-12(10-15)14(17)16-7-6-13-5-3-4-8-18-13/h11-13H,3-10,15H2,1-2H3,(H,16,17). The SMILES string of the molecule is CC(C)CC(CN)C(=O)NCCC1CCCCO1. The Hall–Kier alpha value is -0.610. The number of nitrogens with one attached hydrogen (secondary N) is 1. The second-order valence-electron chi connectivity index (χ2n) is 5.63. The molecule has 0 saturated carbocycles. The third-order valence-corrected chi connectivity index (χ3v) is 3.45. The Balaban J connectivity index is 2.18. The maximum atomic E-state index is 11.9. The molecule has 4 nitrogen and oxygen atoms in total. The summed E-state index contributed by atoms with van der Waals surface area (Å²) in [6.07, 6.45) is 5.67. The highest BCUT2D eigenvalue weighted by Crippen LogP contribution is 2.15. The van der Waals surface area contributed by atoms with Crippen LogP contribution in [0.5, 0.6) is 0 Å². The summed E-state index contributed by atoms with van der Waals surface area (Å²) in [5, 5.41) is 2.99. The van der Waals surface area contributed by atoms with Crippen LogP contribution in [0.4, 0.5) is 0 Å². The topological polar surface area (TPSA) is 64.4 Å². The van der Waals surface area contributed by atoms with Crippen LogP contribution in [0.1, 0.15) is 46.0 Å². The highest BCUT2D eigenvalue weighted by Gasteiger charge is 2.19. The van der Waals surface area contributed by atoms with Crippen molar-refractivity contribution in [3.8, 4) is 0 Å². The van der Waals surface area contributed by atoms with E-state index >= 15 is 0 Å². The molecule has 2 atom stereocenters. The van der Waals surface area contributed by atoms with E-state index in [-0.39, 0.29) is 11.8 Å². The van der Waals surface area contributed by atoms with E-state index in [0.29, 0.717) is 25.1 Å². The molecule has 4 heteroatoms. The molecule has 0 aromatic rings. The zero-order chi connectivity index (χ0) is 13.4. The van der Waals surface area contributed by atoms with Gasteiger partial charge < -0.3 is 15.8 Å². The molecule has 1 fully saturated rings. The number of hydrogen-bond donors (Lipinski definition) is 2. The fourth-order valence-corrected chi connectivity index (χ4v) is 2.42. The summed E-state index contributed by atoms with van der Waals surface area (Å²) in [4.78, 5) is 11.9. The van der Waals surface area contributed by atoms with Crippen LogP contribution in [0.3, 0.4) is 0 Å². The normalized spacial score (nSPS) is 21.9. The molecule has 106 valence electrons. The Morgan fingerprint density at radius 1 is 1.44 bits per heavy atom. The van der Waals surface area contributed by atoms with E-state index in [1.165, 1.54) is 12.8 Å². The van der Waals surface area contributed by atoms with E-state index in [9.17, 15) is 4.79 Å². The van der Waals surface area contributed by atoms with E-state index < -0.39 is 0 Å². The molecule has 1 amide bonds. The molecule has 1 aliphatic rings. The lowest BCUT2D eigenvalue weighted by molar-refractivity contribution is -0.125. The molecule has 0 radical (unpaired) electrons. The highest BCUT2D eigenvalue weighted by atomic mass is 16.5. The van der Waals surface area contributed by atoms with Gasteiger partial charge >= 0.3 is 0 Å². The molecule has 0 aromatic heterocycles. The van der Waals surface area contributed by atoms with E-state index in [4.69, 9.17) is 10.5 Å². The number of ether oxygens (including phenoxy) is 1. The van der Waals surface area contributed by atoms with Crippen molar-refractivity contribution in [1.82, 2.24) is 5.32 Å². The van der Waals surface area contributed by atoms with E-state index in [0.717, 1.165) is 25.9 Å². The van der Waals surface area contributed by atoms with E-state index in [1.807, 2.05) is 0 Å². The van der Waals surface area contributed by atoms with Gasteiger partial charge in [-0.2, -0.15) is 0 Å². The van der Waals surface area contributed by atoms with Gasteiger partial charge in [0.2, 0.25) is 5.91 Å². The molecule has 3 N–H and O–H groups in total. The number of carbonyl (C=O) groups excluding carboxylic acids is 1. The summed E-state index contributed by atoms with van der Waals surface area (Å²) in [5.41, 5.74) is 5.65. The van der Waals surface area contributed by atoms with Crippen molar-refractivity contribution in [3.05, 3.63) is 0 Å². The Kier molecular flexibility index (Phi) is 7.28. The summed E-state index contributed by atoms with van der Waals surface area (Å²) in [6.45, 7) is 6.25. The van der Waals surface area contributed by atoms with Crippen LogP contribution in [0, 0.1) is 11.8 Å². The highest BCUT2D eigenvalue weighted by molar-refractivity contribution is 5.78. The van der Waals surface area contributed by atoms with Crippen molar-refractivity contribution in [3.63, 3.8) is 0 Å². The number of carbonyl (C=O) groups is 1. The smallest absolute Gasteiger partial charge is 0.224 e. The summed E-state index contributed by atoms with van der Waals surface area (Å²) < 4.78 is 5.64. The predicted molar refractivity (Wildman–Crippen MR) is 73.2 cm³/mol. The van der Waals surface area contributed by atoms with Gasteiger partial charge in [-0.1, -0.05) is 13.8 Å². The van der Waals surface area contributed by atoms with E-state index in [1.54, 1.807) is 0 Å². The van der Waals surface area contributed by atoms with Gasteiger partial charge in [0.15, 0.2) is 0 Å². The average Bonchev–Trinajstić information content (AvgIpc) is 2.36. The number of rotatable bonds is 7. The minimum atomic E-state index is -0.0442. The van der Waals surface area contributed by atoms with E-state index in [2.05, 4.69) is 19.2 Å². The molecule has 0 aromatic carbocycles. The Labute approximate surface area is 111 Å². The molecular formula is C14H28N2O2. The Morgan fingerprint density at radius 2 is 2.22 bits per heavy atom. The van der Waals surface area contributed by atoms with Gasteiger partial charge in [-0.3, -0.25) is 4.79 Å². The van der Waals surface area contributed by atoms with Crippen molar-refractivity contribution >= 4 is 5.91 Å². The zero-order valence-corrected chi connectivity index (χ0v) is 11.8. The molecular weight excluding hydrogens is 228 g/mol. The van der Waals surface area contributed by atoms with Gasteiger partial charge in [-0.05, 0) is 38.0 Å². The molecule has 18 heavy (non-hydrogen) atoms. The first kappa shape index (κ1) is 15.4. The quantitative estimate of drug-likeness (QED) is 0.728. The lowest BCUT2D eigenvalue weighted by atomic mass is 9.96. The number of amides is 1. The minimum Gasteiger partial charge on any atom is -0.378 e. The summed E-state index contributed by atoms with van der Waals surface area (Å²) in [6, 6.07) is 0. The summed E-state index contributed by atoms with van der Waals surface area (Å²) in [5.74, 6) is 0.560. The second kappa shape index (κ2) is 8.48. The van der Waals surface area contributed by atoms with Crippen LogP contribution < -0.4 is 11.1 Å². The van der Waals surface area contributed by atoms with Crippen molar-refractivity contribution in [2.45, 2.75) is 52.1 Å². The van der Waals surface area contributed by atoms with Crippen molar-refractivity contribution in [1.29, 1.82) is 0 Å². The Morgan fingerprint density at radius 3 is 2.78 bits per heavy atom. The molecule has 2 unspecified atom stereocenters. The lowest BCUT2D eigenvalue weighted by Crippen LogP contribution is -2.37. The summed E-state index contributed by atoms with van der Waals surface area (Å²) in [7, 11) is 0. The first-order valence-corrected chi connectivity index (χ1v) is 7.22. The van der Waals surface area contributed by atoms with Gasteiger partial charge in [0, 0.05) is 19.7 Å². The van der Waals surface area contributed by atoms with Crippen molar-refractivity contribution in [2.24, 2.45) is 17.6 Å². The fourth-order valence-electron chi connectivity index (χ4n) is 2.42. The molecule has 0 spiro atoms. The Bertz CT molecular complexity index is 238. The van der Waals surface area contributed by atoms with Gasteiger partial charge in [0.25, 0.3) is 0 Å². The molecule has 1 saturated heterocycles. The van der Waals surface area contributed by atoms with Crippen LogP contribution in [-0.4, -0.2) is 31.7 Å². The third kappa shape index (κ3) is 5.83. The first-order chi connectivity index (χ1) is 8.63. The van der Waals surface area contributed by atoms with Crippen LogP contribution in [-0.2, 0) is 9.53 Å². The second-order valence-corrected chi connectivity index (χ2v) is 5.63. The lowest BCUT2D eigenvalue weighted by Gasteiger charge is -2.23. The first-order valence-electron chi connectivity index (χ1n) is 7.22. The van der Waals surface area contributed by atoms with Crippen molar-refractivity contribution < 1.29 is 9.53 Å². The van der Waals surface area contributed by atoms with Crippen LogP contribution >= 0.6 is 0 Å². The maximum absolute atomic E-state index is 11.9. The molecule has 1 rings (SSSR count). The van der Waals surface area contributed by atoms with Crippen LogP contribution in [0.2, 0.25) is 0 Å². The third-order valence-electron chi connectivity index (χ3n) is 3.45. The number of hydrogen-bond acceptors (Lipinski definition) is 3. The van der Waals surface area contributed by atoms with Crippen molar-refractivity contribution in [2.75, 3.05) is 19.7 Å². The maximum Gasteiger partial charge on any atom is 0.224 e. The average molecular weight is 256 g/mol. The van der Waals surface area contributed by atoms with Gasteiger partial charge in [-0.15, -0.1) is 0 Å². The summed E-state index contributed by atoms with van der Waals surface area (Å²) >= 11 is 0. The fraction of sp³-hybridized carbons (Fsp3) is 0.929. The predicted octanol–water partition coefficient (Wildman–Crippen LogP) is 1.68. The largest absolute Gasteiger partial charge is 0.378 e. The van der Waals surface area contributed by atoms with Gasteiger partial charge in [0.05, 0.1) is 12.0 Å². The zero-order valence-electron chi connectivity index (χ0n) is 11.8. The van der Waals surface area contributed by atoms with Gasteiger partial charge in [-0.25, -0.2) is 0 Å². The molecule has 1 aliphatic heterocycles. The van der Waals surface area contributed by atoms with Crippen LogP contribution in [0.15, 0.2) is 0 Å². The minimum absolute atomic E-state index is 0.0442. The monoisotopic (exact) mass is 256 g/mol. The van der Waals surface area contributed by atoms with Crippen LogP contribution in [0.25, 0.3) is 0 Å². The van der Waals surface area contributed by atoms with Gasteiger partial charge in [0.1, 0.15) is 0 Å². The number of nitrogens with two attached hydrogens (primary N) is 1.